The molecule has 0 bridgehead atoms. The summed E-state index contributed by atoms with van der Waals surface area (Å²) >= 11 is 1.33. The Labute approximate surface area is 183 Å². The molecular weight excluding hydrogens is 412 g/mol. The summed E-state index contributed by atoms with van der Waals surface area (Å²) in [5, 5.41) is 3.13. The Balaban J connectivity index is 1.43. The van der Waals surface area contributed by atoms with Gasteiger partial charge in [0.15, 0.2) is 11.7 Å². The number of amides is 1. The molecule has 6 nitrogen and oxygen atoms in total. The maximum Gasteiger partial charge on any atom is 0.318 e. The summed E-state index contributed by atoms with van der Waals surface area (Å²) in [5.41, 5.74) is 2.37. The summed E-state index contributed by atoms with van der Waals surface area (Å²) < 4.78 is 11.5. The van der Waals surface area contributed by atoms with Crippen molar-refractivity contribution in [3.05, 3.63) is 90.0 Å². The zero-order chi connectivity index (χ0) is 21.6. The highest BCUT2D eigenvalue weighted by atomic mass is 32.1. The van der Waals surface area contributed by atoms with E-state index in [2.05, 4.69) is 10.3 Å². The van der Waals surface area contributed by atoms with Gasteiger partial charge in [-0.3, -0.25) is 14.9 Å². The molecule has 0 saturated carbocycles. The van der Waals surface area contributed by atoms with Crippen LogP contribution in [0.2, 0.25) is 0 Å². The Morgan fingerprint density at radius 2 is 1.61 bits per heavy atom. The predicted molar refractivity (Wildman–Crippen MR) is 120 cm³/mol. The predicted octanol–water partition coefficient (Wildman–Crippen LogP) is 4.62. The maximum absolute atomic E-state index is 12.9. The number of thiazole rings is 1. The lowest BCUT2D eigenvalue weighted by atomic mass is 9.91. The lowest BCUT2D eigenvalue weighted by Crippen LogP contribution is -2.24. The van der Waals surface area contributed by atoms with Crippen molar-refractivity contribution in [3.63, 3.8) is 0 Å². The highest BCUT2D eigenvalue weighted by Crippen LogP contribution is 2.29. The molecule has 4 aromatic rings. The fourth-order valence-electron chi connectivity index (χ4n) is 3.22. The topological polar surface area (TPSA) is 77.5 Å². The third-order valence-electron chi connectivity index (χ3n) is 4.69. The largest absolute Gasteiger partial charge is 0.497 e. The van der Waals surface area contributed by atoms with Gasteiger partial charge in [0.25, 0.3) is 5.91 Å². The molecule has 1 aromatic heterocycles. The van der Waals surface area contributed by atoms with Crippen LogP contribution in [0.4, 0.5) is 5.13 Å². The first-order valence-corrected chi connectivity index (χ1v) is 10.5. The number of benzene rings is 3. The van der Waals surface area contributed by atoms with Crippen molar-refractivity contribution in [2.24, 2.45) is 0 Å². The Morgan fingerprint density at radius 3 is 2.23 bits per heavy atom. The molecule has 0 aliphatic carbocycles. The molecule has 0 aliphatic rings. The second-order valence-electron chi connectivity index (χ2n) is 6.76. The highest BCUT2D eigenvalue weighted by Gasteiger charge is 2.25. The standard InChI is InChI=1S/C24H20N2O4S/c1-29-18-12-13-19-20(14-18)31-24(25-19)26-21(27)15-30-23(28)22(16-8-4-2-5-9-16)17-10-6-3-7-11-17/h2-14,22H,15H2,1H3,(H,25,26,27). The molecule has 7 heteroatoms. The van der Waals surface area contributed by atoms with Crippen molar-refractivity contribution in [2.75, 3.05) is 19.0 Å². The molecule has 0 atom stereocenters. The number of anilines is 1. The van der Waals surface area contributed by atoms with Crippen LogP contribution in [-0.4, -0.2) is 30.6 Å². The van der Waals surface area contributed by atoms with Crippen LogP contribution < -0.4 is 10.1 Å². The number of hydrogen-bond acceptors (Lipinski definition) is 6. The SMILES string of the molecule is COc1ccc2nc(NC(=O)COC(=O)C(c3ccccc3)c3ccccc3)sc2c1. The van der Waals surface area contributed by atoms with Gasteiger partial charge in [0, 0.05) is 0 Å². The third kappa shape index (κ3) is 4.90. The fraction of sp³-hybridized carbons (Fsp3) is 0.125. The van der Waals surface area contributed by atoms with Crippen LogP contribution in [0.5, 0.6) is 5.75 Å². The smallest absolute Gasteiger partial charge is 0.318 e. The van der Waals surface area contributed by atoms with Gasteiger partial charge in [0.2, 0.25) is 0 Å². The van der Waals surface area contributed by atoms with Crippen molar-refractivity contribution < 1.29 is 19.1 Å². The summed E-state index contributed by atoms with van der Waals surface area (Å²) in [4.78, 5) is 29.6. The summed E-state index contributed by atoms with van der Waals surface area (Å²) in [7, 11) is 1.59. The van der Waals surface area contributed by atoms with Crippen LogP contribution in [0.3, 0.4) is 0 Å². The maximum atomic E-state index is 12.9. The van der Waals surface area contributed by atoms with Crippen LogP contribution in [0.1, 0.15) is 17.0 Å². The minimum absolute atomic E-state index is 0.395. The molecule has 0 unspecified atom stereocenters. The zero-order valence-corrected chi connectivity index (χ0v) is 17.6. The van der Waals surface area contributed by atoms with E-state index in [-0.39, 0.29) is 0 Å². The van der Waals surface area contributed by atoms with Crippen LogP contribution in [-0.2, 0) is 14.3 Å². The number of nitrogens with zero attached hydrogens (tertiary/aromatic N) is 1. The van der Waals surface area contributed by atoms with Gasteiger partial charge in [-0.2, -0.15) is 0 Å². The first-order chi connectivity index (χ1) is 15.1. The number of aromatic nitrogens is 1. The normalized spacial score (nSPS) is 10.8. The minimum Gasteiger partial charge on any atom is -0.497 e. The molecule has 4 rings (SSSR count). The summed E-state index contributed by atoms with van der Waals surface area (Å²) in [5.74, 6) is -0.818. The van der Waals surface area contributed by atoms with Gasteiger partial charge < -0.3 is 9.47 Å². The Bertz CT molecular complexity index is 1150. The van der Waals surface area contributed by atoms with Gasteiger partial charge in [-0.25, -0.2) is 4.98 Å². The van der Waals surface area contributed by atoms with E-state index in [0.717, 1.165) is 27.1 Å². The molecule has 1 N–H and O–H groups in total. The average molecular weight is 433 g/mol. The second kappa shape index (κ2) is 9.40. The highest BCUT2D eigenvalue weighted by molar-refractivity contribution is 7.22. The van der Waals surface area contributed by atoms with Crippen LogP contribution >= 0.6 is 11.3 Å². The van der Waals surface area contributed by atoms with Crippen LogP contribution in [0, 0.1) is 0 Å². The van der Waals surface area contributed by atoms with E-state index in [1.165, 1.54) is 11.3 Å². The molecule has 0 saturated heterocycles. The molecule has 1 heterocycles. The molecular formula is C24H20N2O4S. The Kier molecular flexibility index (Phi) is 6.24. The molecule has 0 fully saturated rings. The molecule has 0 radical (unpaired) electrons. The van der Waals surface area contributed by atoms with E-state index >= 15 is 0 Å². The minimum atomic E-state index is -0.606. The van der Waals surface area contributed by atoms with Crippen LogP contribution in [0.15, 0.2) is 78.9 Å². The fourth-order valence-corrected chi connectivity index (χ4v) is 4.13. The molecule has 3 aromatic carbocycles. The van der Waals surface area contributed by atoms with E-state index in [1.807, 2.05) is 78.9 Å². The lowest BCUT2D eigenvalue weighted by Gasteiger charge is -2.16. The lowest BCUT2D eigenvalue weighted by molar-refractivity contribution is -0.147. The van der Waals surface area contributed by atoms with E-state index in [9.17, 15) is 9.59 Å². The van der Waals surface area contributed by atoms with Gasteiger partial charge in [-0.15, -0.1) is 0 Å². The van der Waals surface area contributed by atoms with Gasteiger partial charge in [0.05, 0.1) is 17.3 Å². The van der Waals surface area contributed by atoms with Crippen LogP contribution in [0.25, 0.3) is 10.2 Å². The van der Waals surface area contributed by atoms with E-state index < -0.39 is 24.4 Å². The monoisotopic (exact) mass is 432 g/mol. The van der Waals surface area contributed by atoms with E-state index in [1.54, 1.807) is 7.11 Å². The Hall–Kier alpha value is -3.71. The molecule has 0 aliphatic heterocycles. The van der Waals surface area contributed by atoms with E-state index in [0.29, 0.717) is 5.13 Å². The molecule has 1 amide bonds. The van der Waals surface area contributed by atoms with Gasteiger partial charge >= 0.3 is 5.97 Å². The number of fused-ring (bicyclic) bond motifs is 1. The van der Waals surface area contributed by atoms with Gasteiger partial charge in [0.1, 0.15) is 11.7 Å². The number of nitrogens with one attached hydrogen (secondary N) is 1. The number of ether oxygens (including phenoxy) is 2. The number of methoxy groups -OCH3 is 1. The summed E-state index contributed by atoms with van der Waals surface area (Å²) in [6, 6.07) is 24.2. The van der Waals surface area contributed by atoms with Gasteiger partial charge in [-0.05, 0) is 29.3 Å². The molecule has 0 spiro atoms. The van der Waals surface area contributed by atoms with Crippen molar-refractivity contribution in [1.29, 1.82) is 0 Å². The zero-order valence-electron chi connectivity index (χ0n) is 16.8. The van der Waals surface area contributed by atoms with Crippen molar-refractivity contribution >= 4 is 38.6 Å². The average Bonchev–Trinajstić information content (AvgIpc) is 3.20. The van der Waals surface area contributed by atoms with Gasteiger partial charge in [-0.1, -0.05) is 72.0 Å². The summed E-state index contributed by atoms with van der Waals surface area (Å²) in [6.07, 6.45) is 0. The van der Waals surface area contributed by atoms with E-state index in [4.69, 9.17) is 9.47 Å². The quantitative estimate of drug-likeness (QED) is 0.431. The third-order valence-corrected chi connectivity index (χ3v) is 5.62. The van der Waals surface area contributed by atoms with Crippen molar-refractivity contribution in [3.8, 4) is 5.75 Å². The molecule has 156 valence electrons. The molecule has 31 heavy (non-hydrogen) atoms. The summed E-state index contributed by atoms with van der Waals surface area (Å²) in [6.45, 7) is -0.395. The number of hydrogen-bond donors (Lipinski definition) is 1. The first kappa shape index (κ1) is 20.6. The number of esters is 1. The first-order valence-electron chi connectivity index (χ1n) is 9.65. The Morgan fingerprint density at radius 1 is 0.968 bits per heavy atom. The second-order valence-corrected chi connectivity index (χ2v) is 7.79. The number of rotatable bonds is 7. The van der Waals surface area contributed by atoms with Crippen molar-refractivity contribution in [1.82, 2.24) is 4.98 Å². The van der Waals surface area contributed by atoms with Crippen molar-refractivity contribution in [2.45, 2.75) is 5.92 Å². The number of carbonyl (C=O) groups excluding carboxylic acids is 2. The number of carbonyl (C=O) groups is 2.